The molecule has 0 atom stereocenters. The highest BCUT2D eigenvalue weighted by Gasteiger charge is 2.21. The smallest absolute Gasteiger partial charge is 0.318 e. The number of benzene rings is 1. The minimum Gasteiger partial charge on any atom is -0.398 e. The molecule has 1 aromatic carbocycles. The van der Waals surface area contributed by atoms with Crippen molar-refractivity contribution in [2.75, 3.05) is 24.1 Å². The Morgan fingerprint density at radius 1 is 1.40 bits per heavy atom. The minimum atomic E-state index is -0.957. The number of carbonyl (C=O) groups excluding carboxylic acids is 3. The van der Waals surface area contributed by atoms with Gasteiger partial charge in [0.15, 0.2) is 0 Å². The predicted octanol–water partition coefficient (Wildman–Crippen LogP) is 0.194. The number of carbonyl (C=O) groups is 3. The number of nitrogen functional groups attached to an aromatic ring is 1. The van der Waals surface area contributed by atoms with Crippen LogP contribution in [0, 0.1) is 0 Å². The zero-order chi connectivity index (χ0) is 15.1. The van der Waals surface area contributed by atoms with E-state index in [1.807, 2.05) is 0 Å². The molecule has 5 N–H and O–H groups in total. The van der Waals surface area contributed by atoms with Crippen LogP contribution < -0.4 is 16.8 Å². The van der Waals surface area contributed by atoms with E-state index in [2.05, 4.69) is 5.32 Å². The molecule has 108 valence electrons. The van der Waals surface area contributed by atoms with Crippen molar-refractivity contribution < 1.29 is 14.4 Å². The highest BCUT2D eigenvalue weighted by Crippen LogP contribution is 2.22. The van der Waals surface area contributed by atoms with Gasteiger partial charge in [-0.3, -0.25) is 19.3 Å². The van der Waals surface area contributed by atoms with E-state index in [1.165, 1.54) is 18.2 Å². The Bertz CT molecular complexity index is 521. The van der Waals surface area contributed by atoms with E-state index in [9.17, 15) is 14.4 Å². The van der Waals surface area contributed by atoms with Gasteiger partial charge in [-0.1, -0.05) is 11.6 Å². The van der Waals surface area contributed by atoms with Crippen molar-refractivity contribution in [1.29, 1.82) is 0 Å². The maximum Gasteiger partial charge on any atom is 0.318 e. The van der Waals surface area contributed by atoms with Gasteiger partial charge in [0, 0.05) is 12.2 Å². The monoisotopic (exact) mass is 298 g/mol. The van der Waals surface area contributed by atoms with Crippen molar-refractivity contribution in [2.45, 2.75) is 6.42 Å². The van der Waals surface area contributed by atoms with Gasteiger partial charge in [-0.15, -0.1) is 0 Å². The van der Waals surface area contributed by atoms with Crippen LogP contribution >= 0.6 is 11.6 Å². The molecule has 1 rings (SSSR count). The summed E-state index contributed by atoms with van der Waals surface area (Å²) in [5.41, 5.74) is 11.5. The van der Waals surface area contributed by atoms with Gasteiger partial charge in [-0.2, -0.15) is 0 Å². The molecule has 0 fully saturated rings. The van der Waals surface area contributed by atoms with Crippen LogP contribution in [0.3, 0.4) is 0 Å². The highest BCUT2D eigenvalue weighted by molar-refractivity contribution is 6.41. The summed E-state index contributed by atoms with van der Waals surface area (Å²) in [5, 5.41) is 2.60. The number of hydrogen-bond acceptors (Lipinski definition) is 5. The number of amides is 3. The van der Waals surface area contributed by atoms with Crippen LogP contribution in [0.15, 0.2) is 18.2 Å². The van der Waals surface area contributed by atoms with Gasteiger partial charge < -0.3 is 16.8 Å². The maximum atomic E-state index is 11.7. The number of nitrogens with one attached hydrogen (secondary N) is 1. The number of hydrogen-bond donors (Lipinski definition) is 3. The quantitative estimate of drug-likeness (QED) is 0.407. The van der Waals surface area contributed by atoms with Crippen molar-refractivity contribution >= 4 is 41.2 Å². The van der Waals surface area contributed by atoms with E-state index in [4.69, 9.17) is 23.1 Å². The molecule has 7 nitrogen and oxygen atoms in total. The van der Waals surface area contributed by atoms with E-state index in [1.54, 1.807) is 0 Å². The Hall–Kier alpha value is -2.12. The van der Waals surface area contributed by atoms with Crippen molar-refractivity contribution in [2.24, 2.45) is 5.73 Å². The summed E-state index contributed by atoms with van der Waals surface area (Å²) in [6.07, 6.45) is 0.721. The summed E-state index contributed by atoms with van der Waals surface area (Å²) in [6.45, 7) is 0.404. The number of anilines is 2. The molecule has 0 heterocycles. The van der Waals surface area contributed by atoms with E-state index in [-0.39, 0.29) is 11.6 Å². The van der Waals surface area contributed by atoms with Gasteiger partial charge in [0.05, 0.1) is 10.7 Å². The van der Waals surface area contributed by atoms with Gasteiger partial charge in [-0.25, -0.2) is 0 Å². The molecule has 0 aliphatic carbocycles. The number of imide groups is 1. The normalized spacial score (nSPS) is 9.90. The first kappa shape index (κ1) is 15.9. The van der Waals surface area contributed by atoms with Crippen LogP contribution in [0.5, 0.6) is 0 Å². The number of nitrogens with zero attached hydrogens (tertiary/aromatic N) is 1. The summed E-state index contributed by atoms with van der Waals surface area (Å²) in [5.74, 6) is -1.89. The fraction of sp³-hybridized carbons (Fsp3) is 0.250. The molecule has 0 bridgehead atoms. The second-order valence-corrected chi connectivity index (χ2v) is 4.34. The molecule has 0 aliphatic heterocycles. The zero-order valence-electron chi connectivity index (χ0n) is 10.6. The van der Waals surface area contributed by atoms with Crippen LogP contribution in [-0.4, -0.2) is 36.2 Å². The third-order valence-electron chi connectivity index (χ3n) is 2.44. The summed E-state index contributed by atoms with van der Waals surface area (Å²) < 4.78 is 0. The fourth-order valence-corrected chi connectivity index (χ4v) is 1.56. The molecule has 3 amide bonds. The third kappa shape index (κ3) is 4.22. The summed E-state index contributed by atoms with van der Waals surface area (Å²) in [4.78, 5) is 34.9. The van der Waals surface area contributed by atoms with Crippen LogP contribution in [0.25, 0.3) is 0 Å². The molecule has 0 saturated carbocycles. The summed E-state index contributed by atoms with van der Waals surface area (Å²) in [6, 6.07) is 4.40. The maximum absolute atomic E-state index is 11.7. The van der Waals surface area contributed by atoms with Crippen molar-refractivity contribution in [1.82, 2.24) is 4.90 Å². The van der Waals surface area contributed by atoms with Gasteiger partial charge in [0.1, 0.15) is 0 Å². The molecule has 0 aromatic heterocycles. The van der Waals surface area contributed by atoms with E-state index < -0.39 is 11.8 Å². The minimum absolute atomic E-state index is 0.0920. The number of rotatable bonds is 5. The van der Waals surface area contributed by atoms with Crippen LogP contribution in [0.1, 0.15) is 6.42 Å². The molecular formula is C12H15ClN4O3. The van der Waals surface area contributed by atoms with Crippen LogP contribution in [-0.2, 0) is 14.4 Å². The van der Waals surface area contributed by atoms with E-state index in [0.29, 0.717) is 30.8 Å². The fourth-order valence-electron chi connectivity index (χ4n) is 1.38. The molecule has 0 radical (unpaired) electrons. The second-order valence-electron chi connectivity index (χ2n) is 3.94. The predicted molar refractivity (Wildman–Crippen MR) is 75.9 cm³/mol. The van der Waals surface area contributed by atoms with Gasteiger partial charge in [-0.05, 0) is 31.2 Å². The average Bonchev–Trinajstić information content (AvgIpc) is 2.43. The Kier molecular flexibility index (Phi) is 5.95. The second kappa shape index (κ2) is 7.46. The molecule has 8 heteroatoms. The average molecular weight is 299 g/mol. The first-order valence-corrected chi connectivity index (χ1v) is 6.19. The lowest BCUT2D eigenvalue weighted by Gasteiger charge is -2.14. The Morgan fingerprint density at radius 3 is 2.65 bits per heavy atom. The molecule has 20 heavy (non-hydrogen) atoms. The van der Waals surface area contributed by atoms with Crippen molar-refractivity contribution in [3.05, 3.63) is 23.2 Å². The lowest BCUT2D eigenvalue weighted by atomic mass is 10.3. The Balaban J connectivity index is 2.71. The summed E-state index contributed by atoms with van der Waals surface area (Å²) in [7, 11) is 0. The lowest BCUT2D eigenvalue weighted by molar-refractivity contribution is -0.146. The SMILES string of the molecule is NCCCN(C=O)C(=O)C(=O)Nc1ccc(N)c(Cl)c1. The zero-order valence-corrected chi connectivity index (χ0v) is 11.4. The molecule has 0 saturated heterocycles. The van der Waals surface area contributed by atoms with Gasteiger partial charge >= 0.3 is 11.8 Å². The van der Waals surface area contributed by atoms with Crippen LogP contribution in [0.2, 0.25) is 5.02 Å². The highest BCUT2D eigenvalue weighted by atomic mass is 35.5. The number of nitrogens with two attached hydrogens (primary N) is 2. The van der Waals surface area contributed by atoms with Gasteiger partial charge in [0.25, 0.3) is 0 Å². The van der Waals surface area contributed by atoms with Crippen molar-refractivity contribution in [3.63, 3.8) is 0 Å². The molecule has 0 unspecified atom stereocenters. The third-order valence-corrected chi connectivity index (χ3v) is 2.77. The summed E-state index contributed by atoms with van der Waals surface area (Å²) >= 11 is 5.79. The number of halogens is 1. The standard InChI is InChI=1S/C12H15ClN4O3/c13-9-6-8(2-3-10(9)15)16-11(19)12(20)17(7-18)5-1-4-14/h2-3,6-7H,1,4-5,14-15H2,(H,16,19). The topological polar surface area (TPSA) is 119 Å². The molecular weight excluding hydrogens is 284 g/mol. The Labute approximate surface area is 120 Å². The van der Waals surface area contributed by atoms with E-state index >= 15 is 0 Å². The largest absolute Gasteiger partial charge is 0.398 e. The van der Waals surface area contributed by atoms with Gasteiger partial charge in [0.2, 0.25) is 6.41 Å². The first-order chi connectivity index (χ1) is 9.49. The Morgan fingerprint density at radius 2 is 2.10 bits per heavy atom. The molecule has 0 spiro atoms. The molecule has 1 aromatic rings. The lowest BCUT2D eigenvalue weighted by Crippen LogP contribution is -2.39. The molecule has 0 aliphatic rings. The van der Waals surface area contributed by atoms with E-state index in [0.717, 1.165) is 4.90 Å². The van der Waals surface area contributed by atoms with Crippen LogP contribution in [0.4, 0.5) is 11.4 Å². The van der Waals surface area contributed by atoms with Crippen molar-refractivity contribution in [3.8, 4) is 0 Å². The first-order valence-electron chi connectivity index (χ1n) is 5.82.